The summed E-state index contributed by atoms with van der Waals surface area (Å²) in [4.78, 5) is 22.3. The van der Waals surface area contributed by atoms with Gasteiger partial charge in [0, 0.05) is 16.8 Å². The first-order chi connectivity index (χ1) is 7.70. The number of amides is 2. The second-order valence-electron chi connectivity index (χ2n) is 4.86. The summed E-state index contributed by atoms with van der Waals surface area (Å²) in [6.45, 7) is 5.82. The number of hydrogen-bond acceptors (Lipinski definition) is 3. The van der Waals surface area contributed by atoms with Crippen molar-refractivity contribution in [2.24, 2.45) is 11.5 Å². The minimum Gasteiger partial charge on any atom is -0.380 e. The van der Waals surface area contributed by atoms with E-state index in [4.69, 9.17) is 11.5 Å². The first-order valence-corrected chi connectivity index (χ1v) is 5.22. The van der Waals surface area contributed by atoms with Crippen molar-refractivity contribution in [2.45, 2.75) is 26.3 Å². The van der Waals surface area contributed by atoms with Crippen molar-refractivity contribution in [3.05, 3.63) is 29.3 Å². The molecule has 0 aliphatic rings. The molecule has 0 aromatic heterocycles. The lowest BCUT2D eigenvalue weighted by atomic mass is 10.0. The fourth-order valence-corrected chi connectivity index (χ4v) is 1.42. The van der Waals surface area contributed by atoms with Crippen LogP contribution in [-0.2, 0) is 0 Å². The molecule has 0 radical (unpaired) electrons. The molecule has 5 N–H and O–H groups in total. The molecule has 1 aromatic rings. The van der Waals surface area contributed by atoms with Crippen LogP contribution in [-0.4, -0.2) is 17.4 Å². The summed E-state index contributed by atoms with van der Waals surface area (Å²) >= 11 is 0. The number of nitrogens with one attached hydrogen (secondary N) is 1. The molecule has 5 nitrogen and oxygen atoms in total. The molecule has 0 heterocycles. The van der Waals surface area contributed by atoms with Crippen molar-refractivity contribution in [3.63, 3.8) is 0 Å². The van der Waals surface area contributed by atoms with Gasteiger partial charge in [-0.05, 0) is 39.0 Å². The molecule has 1 rings (SSSR count). The van der Waals surface area contributed by atoms with Crippen molar-refractivity contribution in [1.29, 1.82) is 0 Å². The number of rotatable bonds is 3. The Morgan fingerprint density at radius 2 is 1.71 bits per heavy atom. The Hall–Kier alpha value is -2.04. The first kappa shape index (κ1) is 13.0. The molecular formula is C12H17N3O2. The Balaban J connectivity index is 3.25. The van der Waals surface area contributed by atoms with Crippen molar-refractivity contribution < 1.29 is 9.59 Å². The number of benzene rings is 1. The lowest BCUT2D eigenvalue weighted by Gasteiger charge is -2.23. The van der Waals surface area contributed by atoms with Gasteiger partial charge in [0.05, 0.1) is 5.56 Å². The molecule has 0 unspecified atom stereocenters. The molecule has 0 spiro atoms. The van der Waals surface area contributed by atoms with Gasteiger partial charge < -0.3 is 16.8 Å². The van der Waals surface area contributed by atoms with Crippen molar-refractivity contribution in [3.8, 4) is 0 Å². The Morgan fingerprint density at radius 3 is 2.12 bits per heavy atom. The van der Waals surface area contributed by atoms with Gasteiger partial charge in [0.25, 0.3) is 5.91 Å². The van der Waals surface area contributed by atoms with Crippen molar-refractivity contribution in [1.82, 2.24) is 0 Å². The van der Waals surface area contributed by atoms with Gasteiger partial charge in [-0.2, -0.15) is 0 Å². The maximum Gasteiger partial charge on any atom is 0.250 e. The smallest absolute Gasteiger partial charge is 0.250 e. The third kappa shape index (κ3) is 3.48. The van der Waals surface area contributed by atoms with Crippen LogP contribution in [0.3, 0.4) is 0 Å². The zero-order chi connectivity index (χ0) is 13.2. The molecule has 5 heteroatoms. The predicted molar refractivity (Wildman–Crippen MR) is 66.9 cm³/mol. The Kier molecular flexibility index (Phi) is 3.41. The van der Waals surface area contributed by atoms with Crippen molar-refractivity contribution >= 4 is 17.5 Å². The van der Waals surface area contributed by atoms with E-state index in [0.717, 1.165) is 0 Å². The number of anilines is 1. The minimum atomic E-state index is -0.548. The molecule has 0 bridgehead atoms. The summed E-state index contributed by atoms with van der Waals surface area (Å²) in [7, 11) is 0. The van der Waals surface area contributed by atoms with Crippen LogP contribution < -0.4 is 16.8 Å². The standard InChI is InChI=1S/C12H17N3O2/c1-12(2,3)15-9-6-7(10(13)16)4-5-8(9)11(14)17/h4-6,15H,1-3H3,(H2,13,16)(H2,14,17). The first-order valence-electron chi connectivity index (χ1n) is 5.22. The van der Waals surface area contributed by atoms with E-state index in [1.54, 1.807) is 0 Å². The highest BCUT2D eigenvalue weighted by atomic mass is 16.1. The zero-order valence-electron chi connectivity index (χ0n) is 10.2. The maximum atomic E-state index is 11.3. The number of hydrogen-bond donors (Lipinski definition) is 3. The molecule has 17 heavy (non-hydrogen) atoms. The average molecular weight is 235 g/mol. The zero-order valence-corrected chi connectivity index (χ0v) is 10.2. The third-order valence-corrected chi connectivity index (χ3v) is 2.08. The second-order valence-corrected chi connectivity index (χ2v) is 4.86. The highest BCUT2D eigenvalue weighted by Gasteiger charge is 2.16. The molecule has 2 amide bonds. The molecule has 0 aliphatic heterocycles. The van der Waals surface area contributed by atoms with E-state index in [-0.39, 0.29) is 5.54 Å². The molecule has 0 aliphatic carbocycles. The van der Waals surface area contributed by atoms with Gasteiger partial charge in [-0.3, -0.25) is 9.59 Å². The van der Waals surface area contributed by atoms with Gasteiger partial charge in [-0.1, -0.05) is 0 Å². The van der Waals surface area contributed by atoms with E-state index in [0.29, 0.717) is 16.8 Å². The molecular weight excluding hydrogens is 218 g/mol. The van der Waals surface area contributed by atoms with Gasteiger partial charge >= 0.3 is 0 Å². The van der Waals surface area contributed by atoms with E-state index < -0.39 is 11.8 Å². The molecule has 0 saturated carbocycles. The normalized spacial score (nSPS) is 11.0. The highest BCUT2D eigenvalue weighted by molar-refractivity contribution is 6.01. The summed E-state index contributed by atoms with van der Waals surface area (Å²) in [6, 6.07) is 4.51. The van der Waals surface area contributed by atoms with Gasteiger partial charge in [-0.15, -0.1) is 0 Å². The lowest BCUT2D eigenvalue weighted by molar-refractivity contribution is 0.0989. The average Bonchev–Trinajstić information content (AvgIpc) is 2.14. The summed E-state index contributed by atoms with van der Waals surface area (Å²) in [6.07, 6.45) is 0. The van der Waals surface area contributed by atoms with Gasteiger partial charge in [0.15, 0.2) is 0 Å². The summed E-state index contributed by atoms with van der Waals surface area (Å²) in [5.74, 6) is -1.09. The largest absolute Gasteiger partial charge is 0.380 e. The quantitative estimate of drug-likeness (QED) is 0.731. The number of nitrogens with two attached hydrogens (primary N) is 2. The van der Waals surface area contributed by atoms with E-state index in [1.807, 2.05) is 20.8 Å². The van der Waals surface area contributed by atoms with Crippen LogP contribution in [0.15, 0.2) is 18.2 Å². The van der Waals surface area contributed by atoms with E-state index >= 15 is 0 Å². The highest BCUT2D eigenvalue weighted by Crippen LogP contribution is 2.21. The SMILES string of the molecule is CC(C)(C)Nc1cc(C(N)=O)ccc1C(N)=O. The van der Waals surface area contributed by atoms with Gasteiger partial charge in [0.1, 0.15) is 0 Å². The Bertz CT molecular complexity index is 461. The summed E-state index contributed by atoms with van der Waals surface area (Å²) in [5, 5.41) is 3.12. The molecule has 0 fully saturated rings. The van der Waals surface area contributed by atoms with E-state index in [1.165, 1.54) is 18.2 Å². The van der Waals surface area contributed by atoms with Crippen LogP contribution >= 0.6 is 0 Å². The Morgan fingerprint density at radius 1 is 1.12 bits per heavy atom. The number of primary amides is 2. The fraction of sp³-hybridized carbons (Fsp3) is 0.333. The van der Waals surface area contributed by atoms with Gasteiger partial charge in [-0.25, -0.2) is 0 Å². The second kappa shape index (κ2) is 4.45. The van der Waals surface area contributed by atoms with Gasteiger partial charge in [0.2, 0.25) is 5.91 Å². The van der Waals surface area contributed by atoms with Crippen LogP contribution in [0.2, 0.25) is 0 Å². The minimum absolute atomic E-state index is 0.250. The molecule has 0 saturated heterocycles. The van der Waals surface area contributed by atoms with Crippen LogP contribution in [0.4, 0.5) is 5.69 Å². The monoisotopic (exact) mass is 235 g/mol. The van der Waals surface area contributed by atoms with Crippen LogP contribution in [0, 0.1) is 0 Å². The third-order valence-electron chi connectivity index (χ3n) is 2.08. The topological polar surface area (TPSA) is 98.2 Å². The number of carbonyl (C=O) groups excluding carboxylic acids is 2. The Labute approximate surface area is 100 Å². The molecule has 0 atom stereocenters. The van der Waals surface area contributed by atoms with Crippen LogP contribution in [0.25, 0.3) is 0 Å². The maximum absolute atomic E-state index is 11.3. The van der Waals surface area contributed by atoms with Crippen molar-refractivity contribution in [2.75, 3.05) is 5.32 Å². The van der Waals surface area contributed by atoms with E-state index in [9.17, 15) is 9.59 Å². The molecule has 92 valence electrons. The predicted octanol–water partition coefficient (Wildman–Crippen LogP) is 1.09. The fourth-order valence-electron chi connectivity index (χ4n) is 1.42. The summed E-state index contributed by atoms with van der Waals surface area (Å²) < 4.78 is 0. The van der Waals surface area contributed by atoms with Crippen LogP contribution in [0.5, 0.6) is 0 Å². The summed E-state index contributed by atoms with van der Waals surface area (Å²) in [5.41, 5.74) is 11.4. The number of carbonyl (C=O) groups is 2. The van der Waals surface area contributed by atoms with E-state index in [2.05, 4.69) is 5.32 Å². The lowest BCUT2D eigenvalue weighted by Crippen LogP contribution is -2.28. The molecule has 1 aromatic carbocycles. The van der Waals surface area contributed by atoms with Crippen LogP contribution in [0.1, 0.15) is 41.5 Å².